The summed E-state index contributed by atoms with van der Waals surface area (Å²) in [4.78, 5) is 18.4. The Kier molecular flexibility index (Phi) is 4.26. The van der Waals surface area contributed by atoms with Gasteiger partial charge in [0.2, 0.25) is 0 Å². The van der Waals surface area contributed by atoms with Crippen LogP contribution in [0.3, 0.4) is 0 Å². The Morgan fingerprint density at radius 2 is 2.00 bits per heavy atom. The van der Waals surface area contributed by atoms with Gasteiger partial charge in [0.25, 0.3) is 5.56 Å². The highest BCUT2D eigenvalue weighted by Crippen LogP contribution is 2.20. The van der Waals surface area contributed by atoms with Crippen LogP contribution in [0, 0.1) is 0 Å². The fourth-order valence-electron chi connectivity index (χ4n) is 1.47. The van der Waals surface area contributed by atoms with Crippen LogP contribution in [0.2, 0.25) is 0 Å². The van der Waals surface area contributed by atoms with Crippen molar-refractivity contribution in [2.45, 2.75) is 11.6 Å². The third-order valence-corrected chi connectivity index (χ3v) is 3.23. The van der Waals surface area contributed by atoms with Crippen molar-refractivity contribution in [1.29, 1.82) is 0 Å². The van der Waals surface area contributed by atoms with E-state index in [1.54, 1.807) is 24.3 Å². The largest absolute Gasteiger partial charge is 0.301 e. The number of fused-ring (bicyclic) bond motifs is 1. The molecule has 1 aromatic heterocycles. The van der Waals surface area contributed by atoms with Crippen LogP contribution in [0.4, 0.5) is 13.2 Å². The van der Waals surface area contributed by atoms with Gasteiger partial charge in [0, 0.05) is 12.2 Å². The number of hydrogen-bond acceptors (Lipinski definition) is 3. The van der Waals surface area contributed by atoms with E-state index in [0.29, 0.717) is 10.9 Å². The topological polar surface area (TPSA) is 45.8 Å². The molecule has 1 N–H and O–H groups in total. The molecule has 0 atom stereocenters. The monoisotopic (exact) mass is 286 g/mol. The van der Waals surface area contributed by atoms with Crippen LogP contribution in [0.25, 0.3) is 10.9 Å². The number of nitrogens with one attached hydrogen (secondary N) is 1. The molecule has 1 aromatic carbocycles. The lowest BCUT2D eigenvalue weighted by atomic mass is 10.2. The van der Waals surface area contributed by atoms with Crippen LogP contribution in [0.1, 0.15) is 6.42 Å². The van der Waals surface area contributed by atoms with Gasteiger partial charge in [0.05, 0.1) is 10.9 Å². The molecule has 19 heavy (non-hydrogen) atoms. The number of para-hydroxylation sites is 1. The summed E-state index contributed by atoms with van der Waals surface area (Å²) in [7, 11) is 0. The van der Waals surface area contributed by atoms with E-state index in [1.807, 2.05) is 0 Å². The summed E-state index contributed by atoms with van der Waals surface area (Å²) in [6.07, 6.45) is -2.70. The fraction of sp³-hybridized carbons (Fsp3) is 0.167. The third kappa shape index (κ3) is 3.37. The molecule has 3 nitrogen and oxygen atoms in total. The Balaban J connectivity index is 2.14. The van der Waals surface area contributed by atoms with Crippen LogP contribution >= 0.6 is 11.8 Å². The van der Waals surface area contributed by atoms with Gasteiger partial charge < -0.3 is 4.98 Å². The molecule has 100 valence electrons. The van der Waals surface area contributed by atoms with E-state index in [9.17, 15) is 18.0 Å². The minimum atomic E-state index is -2.31. The minimum absolute atomic E-state index is 0.0739. The van der Waals surface area contributed by atoms with E-state index in [4.69, 9.17) is 0 Å². The molecule has 0 aliphatic heterocycles. The summed E-state index contributed by atoms with van der Waals surface area (Å²) < 4.78 is 36.3. The average molecular weight is 286 g/mol. The van der Waals surface area contributed by atoms with Crippen molar-refractivity contribution in [2.24, 2.45) is 0 Å². The van der Waals surface area contributed by atoms with E-state index in [2.05, 4.69) is 9.97 Å². The molecule has 0 fully saturated rings. The predicted molar refractivity (Wildman–Crippen MR) is 68.1 cm³/mol. The van der Waals surface area contributed by atoms with E-state index >= 15 is 0 Å². The molecule has 7 heteroatoms. The van der Waals surface area contributed by atoms with Crippen molar-refractivity contribution >= 4 is 22.7 Å². The highest BCUT2D eigenvalue weighted by Gasteiger charge is 2.07. The number of H-pyrrole nitrogens is 1. The van der Waals surface area contributed by atoms with Gasteiger partial charge in [0.1, 0.15) is 0 Å². The maximum atomic E-state index is 12.6. The molecule has 2 rings (SSSR count). The molecular weight excluding hydrogens is 277 g/mol. The summed E-state index contributed by atoms with van der Waals surface area (Å²) in [5.74, 6) is -1.36. The van der Waals surface area contributed by atoms with Crippen molar-refractivity contribution in [1.82, 2.24) is 9.97 Å². The van der Waals surface area contributed by atoms with Gasteiger partial charge in [0.15, 0.2) is 11.0 Å². The number of rotatable bonds is 4. The summed E-state index contributed by atoms with van der Waals surface area (Å²) in [5.41, 5.74) is 0.210. The SMILES string of the molecule is O=c1[nH]c(SCCC(F)=C(F)F)nc2ccccc12. The number of thioether (sulfide) groups is 1. The van der Waals surface area contributed by atoms with E-state index in [1.165, 1.54) is 0 Å². The molecular formula is C12H9F3N2OS. The number of nitrogens with zero attached hydrogens (tertiary/aromatic N) is 1. The molecule has 0 saturated heterocycles. The van der Waals surface area contributed by atoms with Crippen LogP contribution in [0.15, 0.2) is 46.1 Å². The van der Waals surface area contributed by atoms with Gasteiger partial charge in [-0.25, -0.2) is 9.37 Å². The zero-order chi connectivity index (χ0) is 13.8. The second-order valence-corrected chi connectivity index (χ2v) is 4.74. The Bertz CT molecular complexity index is 680. The second kappa shape index (κ2) is 5.92. The molecule has 0 amide bonds. The fourth-order valence-corrected chi connectivity index (χ4v) is 2.27. The van der Waals surface area contributed by atoms with Crippen molar-refractivity contribution in [3.8, 4) is 0 Å². The molecule has 0 spiro atoms. The lowest BCUT2D eigenvalue weighted by Gasteiger charge is -2.01. The number of halogens is 3. The smallest absolute Gasteiger partial charge is 0.301 e. The third-order valence-electron chi connectivity index (χ3n) is 2.36. The van der Waals surface area contributed by atoms with Crippen molar-refractivity contribution in [2.75, 3.05) is 5.75 Å². The Morgan fingerprint density at radius 3 is 2.74 bits per heavy atom. The van der Waals surface area contributed by atoms with E-state index < -0.39 is 18.3 Å². The quantitative estimate of drug-likeness (QED) is 0.691. The maximum absolute atomic E-state index is 12.6. The number of benzene rings is 1. The van der Waals surface area contributed by atoms with E-state index in [-0.39, 0.29) is 16.5 Å². The molecule has 0 saturated carbocycles. The summed E-state index contributed by atoms with van der Waals surface area (Å²) in [6.45, 7) is 0. The van der Waals surface area contributed by atoms with Crippen molar-refractivity contribution in [3.63, 3.8) is 0 Å². The first kappa shape index (κ1) is 13.7. The molecule has 0 aliphatic carbocycles. The number of allylic oxidation sites excluding steroid dienone is 1. The van der Waals surface area contributed by atoms with Gasteiger partial charge in [-0.2, -0.15) is 8.78 Å². The first-order chi connectivity index (χ1) is 9.08. The van der Waals surface area contributed by atoms with Gasteiger partial charge in [-0.1, -0.05) is 23.9 Å². The lowest BCUT2D eigenvalue weighted by Crippen LogP contribution is -2.09. The Hall–Kier alpha value is -1.76. The summed E-state index contributed by atoms with van der Waals surface area (Å²) >= 11 is 1.02. The number of aromatic nitrogens is 2. The first-order valence-electron chi connectivity index (χ1n) is 5.39. The van der Waals surface area contributed by atoms with Crippen LogP contribution in [-0.2, 0) is 0 Å². The summed E-state index contributed by atoms with van der Waals surface area (Å²) in [6, 6.07) is 6.77. The zero-order valence-electron chi connectivity index (χ0n) is 9.62. The molecule has 0 unspecified atom stereocenters. The molecule has 2 aromatic rings. The highest BCUT2D eigenvalue weighted by atomic mass is 32.2. The van der Waals surface area contributed by atoms with Crippen LogP contribution in [-0.4, -0.2) is 15.7 Å². The van der Waals surface area contributed by atoms with Crippen LogP contribution < -0.4 is 5.56 Å². The first-order valence-corrected chi connectivity index (χ1v) is 6.38. The zero-order valence-corrected chi connectivity index (χ0v) is 10.4. The second-order valence-electron chi connectivity index (χ2n) is 3.65. The van der Waals surface area contributed by atoms with E-state index in [0.717, 1.165) is 11.8 Å². The maximum Gasteiger partial charge on any atom is 0.301 e. The lowest BCUT2D eigenvalue weighted by molar-refractivity contribution is 0.373. The van der Waals surface area contributed by atoms with Gasteiger partial charge in [-0.15, -0.1) is 0 Å². The Morgan fingerprint density at radius 1 is 1.26 bits per heavy atom. The van der Waals surface area contributed by atoms with Crippen LogP contribution in [0.5, 0.6) is 0 Å². The normalized spacial score (nSPS) is 10.7. The van der Waals surface area contributed by atoms with Crippen molar-refractivity contribution in [3.05, 3.63) is 46.5 Å². The van der Waals surface area contributed by atoms with Gasteiger partial charge >= 0.3 is 6.08 Å². The number of hydrogen-bond donors (Lipinski definition) is 1. The minimum Gasteiger partial charge on any atom is -0.301 e. The van der Waals surface area contributed by atoms with Gasteiger partial charge in [-0.3, -0.25) is 4.79 Å². The molecule has 0 radical (unpaired) electrons. The predicted octanol–water partition coefficient (Wildman–Crippen LogP) is 3.48. The average Bonchev–Trinajstić information content (AvgIpc) is 2.38. The number of aromatic amines is 1. The highest BCUT2D eigenvalue weighted by molar-refractivity contribution is 7.99. The van der Waals surface area contributed by atoms with Crippen molar-refractivity contribution < 1.29 is 13.2 Å². The summed E-state index contributed by atoms with van der Waals surface area (Å²) in [5, 5.41) is 0.739. The molecule has 0 aliphatic rings. The standard InChI is InChI=1S/C12H9F3N2OS/c13-8(10(14)15)5-6-19-12-16-9-4-2-1-3-7(9)11(18)17-12/h1-4H,5-6H2,(H,16,17,18). The van der Waals surface area contributed by atoms with Gasteiger partial charge in [-0.05, 0) is 12.1 Å². The molecule has 0 bridgehead atoms. The molecule has 1 heterocycles. The Labute approximate surface area is 110 Å².